The Balaban J connectivity index is 1.58. The van der Waals surface area contributed by atoms with Gasteiger partial charge in [0.05, 0.1) is 5.56 Å². The van der Waals surface area contributed by atoms with Crippen LogP contribution in [0.3, 0.4) is 0 Å². The molecular weight excluding hydrogens is 276 g/mol. The van der Waals surface area contributed by atoms with Crippen LogP contribution in [0, 0.1) is 18.8 Å². The molecular formula is C17H24N4O. The third-order valence-corrected chi connectivity index (χ3v) is 4.93. The number of aromatic nitrogens is 3. The minimum Gasteiger partial charge on any atom is -0.352 e. The number of nitrogens with zero attached hydrogens (tertiary/aromatic N) is 3. The van der Waals surface area contributed by atoms with E-state index in [0.29, 0.717) is 11.5 Å². The van der Waals surface area contributed by atoms with Crippen molar-refractivity contribution in [3.8, 4) is 0 Å². The van der Waals surface area contributed by atoms with Crippen LogP contribution in [0.15, 0.2) is 18.3 Å². The standard InChI is InChI=1S/C17H24N4O/c1-3-13-4-6-14(7-5-13)10-18-17(22)15-8-9-16-20-19-12(2)21(16)11-15/h8-9,11,13-14H,3-7,10H2,1-2H3,(H,18,22). The molecule has 0 spiro atoms. The molecule has 1 N–H and O–H groups in total. The van der Waals surface area contributed by atoms with Crippen molar-refractivity contribution in [2.24, 2.45) is 11.8 Å². The summed E-state index contributed by atoms with van der Waals surface area (Å²) in [5.74, 6) is 2.31. The van der Waals surface area contributed by atoms with Crippen molar-refractivity contribution in [1.29, 1.82) is 0 Å². The molecule has 0 saturated heterocycles. The third kappa shape index (κ3) is 3.13. The molecule has 2 aromatic heterocycles. The van der Waals surface area contributed by atoms with Gasteiger partial charge in [-0.3, -0.25) is 9.20 Å². The van der Waals surface area contributed by atoms with Gasteiger partial charge in [0, 0.05) is 12.7 Å². The third-order valence-electron chi connectivity index (χ3n) is 4.93. The highest BCUT2D eigenvalue weighted by molar-refractivity contribution is 5.94. The summed E-state index contributed by atoms with van der Waals surface area (Å²) in [5.41, 5.74) is 1.43. The van der Waals surface area contributed by atoms with E-state index in [9.17, 15) is 4.79 Å². The average molecular weight is 300 g/mol. The summed E-state index contributed by atoms with van der Waals surface area (Å²) in [6.07, 6.45) is 8.20. The highest BCUT2D eigenvalue weighted by Gasteiger charge is 2.20. The molecule has 1 amide bonds. The van der Waals surface area contributed by atoms with Crippen LogP contribution in [-0.4, -0.2) is 27.0 Å². The Bertz CT molecular complexity index is 656. The van der Waals surface area contributed by atoms with Crippen LogP contribution in [-0.2, 0) is 0 Å². The highest BCUT2D eigenvalue weighted by atomic mass is 16.1. The molecule has 2 aromatic rings. The Labute approximate surface area is 131 Å². The number of carbonyl (C=O) groups is 1. The number of nitrogens with one attached hydrogen (secondary N) is 1. The fourth-order valence-electron chi connectivity index (χ4n) is 3.32. The van der Waals surface area contributed by atoms with Gasteiger partial charge in [0.15, 0.2) is 5.65 Å². The van der Waals surface area contributed by atoms with E-state index in [1.807, 2.05) is 29.7 Å². The normalized spacial score (nSPS) is 21.9. The predicted octanol–water partition coefficient (Wildman–Crippen LogP) is 2.98. The maximum absolute atomic E-state index is 12.3. The van der Waals surface area contributed by atoms with E-state index in [1.165, 1.54) is 32.1 Å². The maximum Gasteiger partial charge on any atom is 0.252 e. The molecule has 1 aliphatic rings. The predicted molar refractivity (Wildman–Crippen MR) is 85.8 cm³/mol. The van der Waals surface area contributed by atoms with Gasteiger partial charge in [-0.05, 0) is 43.7 Å². The Morgan fingerprint density at radius 3 is 2.68 bits per heavy atom. The zero-order chi connectivity index (χ0) is 15.5. The lowest BCUT2D eigenvalue weighted by Crippen LogP contribution is -2.31. The summed E-state index contributed by atoms with van der Waals surface area (Å²) >= 11 is 0. The summed E-state index contributed by atoms with van der Waals surface area (Å²) < 4.78 is 1.85. The molecule has 2 heterocycles. The number of aryl methyl sites for hydroxylation is 1. The van der Waals surface area contributed by atoms with E-state index >= 15 is 0 Å². The molecule has 22 heavy (non-hydrogen) atoms. The first-order chi connectivity index (χ1) is 10.7. The molecule has 0 bridgehead atoms. The Hall–Kier alpha value is -1.91. The number of hydrogen-bond donors (Lipinski definition) is 1. The lowest BCUT2D eigenvalue weighted by molar-refractivity contribution is 0.0941. The monoisotopic (exact) mass is 300 g/mol. The zero-order valence-electron chi connectivity index (χ0n) is 13.4. The lowest BCUT2D eigenvalue weighted by Gasteiger charge is -2.27. The first-order valence-electron chi connectivity index (χ1n) is 8.27. The van der Waals surface area contributed by atoms with E-state index in [1.54, 1.807) is 0 Å². The molecule has 0 atom stereocenters. The second-order valence-corrected chi connectivity index (χ2v) is 6.40. The number of carbonyl (C=O) groups excluding carboxylic acids is 1. The summed E-state index contributed by atoms with van der Waals surface area (Å²) in [7, 11) is 0. The Morgan fingerprint density at radius 2 is 1.95 bits per heavy atom. The Kier molecular flexibility index (Phi) is 4.41. The molecule has 3 rings (SSSR count). The largest absolute Gasteiger partial charge is 0.352 e. The van der Waals surface area contributed by atoms with Crippen molar-refractivity contribution >= 4 is 11.6 Å². The fourth-order valence-corrected chi connectivity index (χ4v) is 3.32. The minimum absolute atomic E-state index is 0.00684. The van der Waals surface area contributed by atoms with Crippen LogP contribution in [0.5, 0.6) is 0 Å². The first kappa shape index (κ1) is 15.0. The van der Waals surface area contributed by atoms with Gasteiger partial charge in [0.25, 0.3) is 5.91 Å². The van der Waals surface area contributed by atoms with E-state index in [-0.39, 0.29) is 5.91 Å². The van der Waals surface area contributed by atoms with Crippen molar-refractivity contribution in [2.45, 2.75) is 46.0 Å². The van der Waals surface area contributed by atoms with Crippen LogP contribution in [0.2, 0.25) is 0 Å². The summed E-state index contributed by atoms with van der Waals surface area (Å²) in [6, 6.07) is 3.65. The van der Waals surface area contributed by atoms with Crippen molar-refractivity contribution in [2.75, 3.05) is 6.54 Å². The average Bonchev–Trinajstić information content (AvgIpc) is 2.94. The van der Waals surface area contributed by atoms with Crippen molar-refractivity contribution in [3.05, 3.63) is 29.7 Å². The van der Waals surface area contributed by atoms with Gasteiger partial charge < -0.3 is 5.32 Å². The minimum atomic E-state index is -0.00684. The maximum atomic E-state index is 12.3. The summed E-state index contributed by atoms with van der Waals surface area (Å²) in [6.45, 7) is 4.94. The number of rotatable bonds is 4. The second kappa shape index (κ2) is 6.46. The summed E-state index contributed by atoms with van der Waals surface area (Å²) in [4.78, 5) is 12.3. The van der Waals surface area contributed by atoms with Crippen LogP contribution < -0.4 is 5.32 Å². The van der Waals surface area contributed by atoms with Gasteiger partial charge in [-0.2, -0.15) is 0 Å². The molecule has 1 aliphatic carbocycles. The fraction of sp³-hybridized carbons (Fsp3) is 0.588. The molecule has 0 aromatic carbocycles. The molecule has 118 valence electrons. The van der Waals surface area contributed by atoms with Crippen LogP contribution in [0.25, 0.3) is 5.65 Å². The van der Waals surface area contributed by atoms with Crippen LogP contribution >= 0.6 is 0 Å². The van der Waals surface area contributed by atoms with Gasteiger partial charge in [-0.15, -0.1) is 10.2 Å². The molecule has 5 nitrogen and oxygen atoms in total. The molecule has 0 aliphatic heterocycles. The van der Waals surface area contributed by atoms with E-state index in [0.717, 1.165) is 23.9 Å². The number of pyridine rings is 1. The number of amides is 1. The number of fused-ring (bicyclic) bond motifs is 1. The van der Waals surface area contributed by atoms with Gasteiger partial charge >= 0.3 is 0 Å². The first-order valence-corrected chi connectivity index (χ1v) is 8.27. The van der Waals surface area contributed by atoms with E-state index < -0.39 is 0 Å². The lowest BCUT2D eigenvalue weighted by atomic mass is 9.81. The SMILES string of the molecule is CCC1CCC(CNC(=O)c2ccc3nnc(C)n3c2)CC1. The van der Waals surface area contributed by atoms with E-state index in [2.05, 4.69) is 22.4 Å². The smallest absolute Gasteiger partial charge is 0.252 e. The van der Waals surface area contributed by atoms with Gasteiger partial charge in [0.1, 0.15) is 5.82 Å². The molecule has 5 heteroatoms. The quantitative estimate of drug-likeness (QED) is 0.944. The number of hydrogen-bond acceptors (Lipinski definition) is 3. The molecule has 1 saturated carbocycles. The van der Waals surface area contributed by atoms with Gasteiger partial charge in [0.2, 0.25) is 0 Å². The molecule has 1 fully saturated rings. The van der Waals surface area contributed by atoms with E-state index in [4.69, 9.17) is 0 Å². The van der Waals surface area contributed by atoms with Crippen molar-refractivity contribution in [1.82, 2.24) is 19.9 Å². The Morgan fingerprint density at radius 1 is 1.23 bits per heavy atom. The topological polar surface area (TPSA) is 59.3 Å². The van der Waals surface area contributed by atoms with Crippen LogP contribution in [0.1, 0.15) is 55.2 Å². The van der Waals surface area contributed by atoms with Crippen LogP contribution in [0.4, 0.5) is 0 Å². The van der Waals surface area contributed by atoms with Gasteiger partial charge in [-0.25, -0.2) is 0 Å². The highest BCUT2D eigenvalue weighted by Crippen LogP contribution is 2.30. The molecule has 0 unspecified atom stereocenters. The van der Waals surface area contributed by atoms with Gasteiger partial charge in [-0.1, -0.05) is 26.2 Å². The summed E-state index contributed by atoms with van der Waals surface area (Å²) in [5, 5.41) is 11.1. The zero-order valence-corrected chi connectivity index (χ0v) is 13.4. The van der Waals surface area contributed by atoms with Crippen molar-refractivity contribution in [3.63, 3.8) is 0 Å². The second-order valence-electron chi connectivity index (χ2n) is 6.40. The molecule has 0 radical (unpaired) electrons. The van der Waals surface area contributed by atoms with Crippen molar-refractivity contribution < 1.29 is 4.79 Å².